The average molecular weight is 1160 g/mol. The predicted molar refractivity (Wildman–Crippen MR) is 385 cm³/mol. The molecular formula is C85H90BN3. The first-order chi connectivity index (χ1) is 41.9. The standard InChI is InChI=1S/C85H90BN3/c1-79(2,3)55-34-37-59(38-35-55)89-78-65(41-40-64-67-51-69-70(52-68(67)85(17,18)76(64)78)84(15,16)45-44-83(69,13)14)75-63-33-23-22-28-54(63)46-74-77(75)86(89)71-50-62(87(60-31-24-29-56(47-60)80(4,5)6)61-32-25-30-57(48-61)81(7,8)9)39-43-73(71)88(74)72-42-36-58(82(10,11)12)49-66(72)53-26-20-19-21-27-53/h19-43,46-52H,44-45H2,1-18H3. The molecule has 448 valence electrons. The van der Waals surface area contributed by atoms with Gasteiger partial charge in [-0.15, -0.1) is 0 Å². The summed E-state index contributed by atoms with van der Waals surface area (Å²) in [6.07, 6.45) is 2.35. The van der Waals surface area contributed by atoms with Crippen LogP contribution in [-0.2, 0) is 37.9 Å². The van der Waals surface area contributed by atoms with E-state index < -0.39 is 0 Å². The average Bonchev–Trinajstić information content (AvgIpc) is 1.69. The lowest BCUT2D eigenvalue weighted by atomic mass is 9.42. The van der Waals surface area contributed by atoms with E-state index in [0.717, 1.165) is 22.7 Å². The summed E-state index contributed by atoms with van der Waals surface area (Å²) in [6, 6.07) is 76.4. The summed E-state index contributed by atoms with van der Waals surface area (Å²) in [5.74, 6) is 0. The quantitative estimate of drug-likeness (QED) is 0.154. The molecule has 0 spiro atoms. The van der Waals surface area contributed by atoms with Crippen molar-refractivity contribution in [1.29, 1.82) is 0 Å². The fourth-order valence-corrected chi connectivity index (χ4v) is 15.7. The summed E-state index contributed by atoms with van der Waals surface area (Å²) in [6.45, 7) is 42.7. The Morgan fingerprint density at radius 1 is 0.404 bits per heavy atom. The highest BCUT2D eigenvalue weighted by molar-refractivity contribution is 6.94. The second kappa shape index (κ2) is 20.0. The Labute approximate surface area is 533 Å². The van der Waals surface area contributed by atoms with Crippen LogP contribution < -0.4 is 25.5 Å². The van der Waals surface area contributed by atoms with Crippen molar-refractivity contribution in [2.45, 2.75) is 175 Å². The highest BCUT2D eigenvalue weighted by Crippen LogP contribution is 2.61. The number of hydrogen-bond acceptors (Lipinski definition) is 3. The summed E-state index contributed by atoms with van der Waals surface area (Å²) in [4.78, 5) is 8.03. The van der Waals surface area contributed by atoms with Crippen LogP contribution in [0.25, 0.3) is 44.2 Å². The van der Waals surface area contributed by atoms with Crippen molar-refractivity contribution in [2.75, 3.05) is 14.6 Å². The van der Waals surface area contributed by atoms with Crippen molar-refractivity contribution in [2.24, 2.45) is 0 Å². The third kappa shape index (κ3) is 9.42. The molecule has 0 unspecified atom stereocenters. The summed E-state index contributed by atoms with van der Waals surface area (Å²) < 4.78 is 0. The van der Waals surface area contributed by atoms with Gasteiger partial charge in [-0.25, -0.2) is 0 Å². The number of nitrogens with zero attached hydrogens (tertiary/aromatic N) is 3. The summed E-state index contributed by atoms with van der Waals surface area (Å²) in [5.41, 5.74) is 30.4. The maximum atomic E-state index is 2.83. The van der Waals surface area contributed by atoms with Crippen molar-refractivity contribution in [3.63, 3.8) is 0 Å². The molecule has 3 nitrogen and oxygen atoms in total. The Balaban J connectivity index is 1.14. The number of fused-ring (bicyclic) bond motifs is 11. The molecule has 89 heavy (non-hydrogen) atoms. The lowest BCUT2D eigenvalue weighted by molar-refractivity contribution is 0.331. The molecule has 0 fully saturated rings. The van der Waals surface area contributed by atoms with Gasteiger partial charge in [0.25, 0.3) is 0 Å². The topological polar surface area (TPSA) is 9.72 Å². The number of rotatable bonds is 6. The summed E-state index contributed by atoms with van der Waals surface area (Å²) >= 11 is 0. The van der Waals surface area contributed by atoms with Gasteiger partial charge in [0.05, 0.1) is 5.69 Å². The van der Waals surface area contributed by atoms with Crippen molar-refractivity contribution in [3.05, 3.63) is 239 Å². The van der Waals surface area contributed by atoms with Crippen LogP contribution in [0.15, 0.2) is 194 Å². The van der Waals surface area contributed by atoms with Crippen LogP contribution in [0.1, 0.15) is 182 Å². The second-order valence-corrected chi connectivity index (χ2v) is 32.6. The third-order valence-corrected chi connectivity index (χ3v) is 21.1. The molecule has 10 aromatic carbocycles. The molecular weight excluding hydrogens is 1070 g/mol. The van der Waals surface area contributed by atoms with Gasteiger partial charge < -0.3 is 14.6 Å². The van der Waals surface area contributed by atoms with Crippen LogP contribution in [0.3, 0.4) is 0 Å². The monoisotopic (exact) mass is 1160 g/mol. The van der Waals surface area contributed by atoms with Crippen molar-refractivity contribution in [1.82, 2.24) is 0 Å². The Kier molecular flexibility index (Phi) is 13.1. The first-order valence-corrected chi connectivity index (χ1v) is 32.9. The first-order valence-electron chi connectivity index (χ1n) is 32.9. The SMILES string of the molecule is CC(C)(C)c1ccc(N2B3c4cc(N(c5cccc(C(C)(C)C)c5)c5cccc(C(C)(C)C)c5)ccc4N(c4ccc(C(C)(C)C)cc4-c4ccccc4)c4cc5ccccc5c(c43)-c3ccc4c(c32)C(C)(C)c2cc3c(cc2-4)C(C)(C)CCC3(C)C)cc1. The Bertz CT molecular complexity index is 4450. The highest BCUT2D eigenvalue weighted by Gasteiger charge is 2.51. The molecule has 0 bridgehead atoms. The predicted octanol–water partition coefficient (Wildman–Crippen LogP) is 22.5. The molecule has 2 heterocycles. The molecule has 0 saturated carbocycles. The van der Waals surface area contributed by atoms with Crippen LogP contribution in [0.5, 0.6) is 0 Å². The zero-order valence-electron chi connectivity index (χ0n) is 56.3. The summed E-state index contributed by atoms with van der Waals surface area (Å²) in [5, 5.41) is 2.51. The lowest BCUT2D eigenvalue weighted by Gasteiger charge is -2.48. The van der Waals surface area contributed by atoms with Gasteiger partial charge in [-0.3, -0.25) is 0 Å². The van der Waals surface area contributed by atoms with E-state index in [1.807, 2.05) is 0 Å². The van der Waals surface area contributed by atoms with Crippen molar-refractivity contribution < 1.29 is 0 Å². The van der Waals surface area contributed by atoms with Gasteiger partial charge in [-0.2, -0.15) is 0 Å². The number of benzene rings is 10. The van der Waals surface area contributed by atoms with E-state index in [2.05, 4.69) is 333 Å². The van der Waals surface area contributed by atoms with Gasteiger partial charge in [0.2, 0.25) is 0 Å². The molecule has 0 radical (unpaired) electrons. The van der Waals surface area contributed by atoms with Gasteiger partial charge in [-0.05, 0) is 213 Å². The van der Waals surface area contributed by atoms with Gasteiger partial charge in [0.15, 0.2) is 0 Å². The first kappa shape index (κ1) is 58.6. The molecule has 10 aromatic rings. The minimum absolute atomic E-state index is 0.0353. The van der Waals surface area contributed by atoms with E-state index in [1.54, 1.807) is 0 Å². The molecule has 2 aliphatic heterocycles. The fourth-order valence-electron chi connectivity index (χ4n) is 15.7. The molecule has 4 aliphatic rings. The third-order valence-electron chi connectivity index (χ3n) is 21.1. The Morgan fingerprint density at radius 3 is 1.56 bits per heavy atom. The van der Waals surface area contributed by atoms with E-state index in [9.17, 15) is 0 Å². The van der Waals surface area contributed by atoms with Crippen LogP contribution in [0, 0.1) is 0 Å². The zero-order chi connectivity index (χ0) is 62.9. The highest BCUT2D eigenvalue weighted by atomic mass is 15.2. The molecule has 2 aliphatic carbocycles. The molecule has 0 atom stereocenters. The maximum absolute atomic E-state index is 2.83. The fraction of sp³-hybridized carbons (Fsp3) is 0.318. The molecule has 0 saturated heterocycles. The number of hydrogen-bond donors (Lipinski definition) is 0. The van der Waals surface area contributed by atoms with Crippen LogP contribution in [0.2, 0.25) is 0 Å². The van der Waals surface area contributed by atoms with Crippen LogP contribution in [-0.4, -0.2) is 6.85 Å². The molecule has 4 heteroatoms. The molecule has 0 aromatic heterocycles. The van der Waals surface area contributed by atoms with Crippen molar-refractivity contribution >= 4 is 74.0 Å². The smallest absolute Gasteiger partial charge is 0.333 e. The minimum Gasteiger partial charge on any atom is -0.376 e. The van der Waals surface area contributed by atoms with Gasteiger partial charge in [-0.1, -0.05) is 240 Å². The largest absolute Gasteiger partial charge is 0.376 e. The van der Waals surface area contributed by atoms with E-state index in [0.29, 0.717) is 0 Å². The minimum atomic E-state index is -0.352. The van der Waals surface area contributed by atoms with Crippen LogP contribution in [0.4, 0.5) is 45.5 Å². The van der Waals surface area contributed by atoms with Crippen LogP contribution >= 0.6 is 0 Å². The van der Waals surface area contributed by atoms with E-state index in [-0.39, 0.29) is 44.8 Å². The Hall–Kier alpha value is -8.08. The van der Waals surface area contributed by atoms with Gasteiger partial charge >= 0.3 is 6.85 Å². The zero-order valence-corrected chi connectivity index (χ0v) is 56.3. The normalized spacial score (nSPS) is 16.1. The van der Waals surface area contributed by atoms with Crippen molar-refractivity contribution in [3.8, 4) is 33.4 Å². The second-order valence-electron chi connectivity index (χ2n) is 32.6. The van der Waals surface area contributed by atoms with E-state index >= 15 is 0 Å². The van der Waals surface area contributed by atoms with E-state index in [1.165, 1.54) is 135 Å². The molecule has 0 N–H and O–H groups in total. The van der Waals surface area contributed by atoms with E-state index in [4.69, 9.17) is 0 Å². The molecule has 0 amide bonds. The number of anilines is 8. The Morgan fingerprint density at radius 2 is 0.944 bits per heavy atom. The lowest BCUT2D eigenvalue weighted by Crippen LogP contribution is -2.62. The van der Waals surface area contributed by atoms with Gasteiger partial charge in [0.1, 0.15) is 0 Å². The van der Waals surface area contributed by atoms with Gasteiger partial charge in [0, 0.05) is 56.4 Å². The summed E-state index contributed by atoms with van der Waals surface area (Å²) in [7, 11) is 0. The molecule has 14 rings (SSSR count). The maximum Gasteiger partial charge on any atom is 0.333 e.